The molecule has 1 aliphatic heterocycles. The molecule has 3 rings (SSSR count). The molecule has 31 heavy (non-hydrogen) atoms. The van der Waals surface area contributed by atoms with E-state index in [2.05, 4.69) is 10.1 Å². The van der Waals surface area contributed by atoms with Gasteiger partial charge >= 0.3 is 18.0 Å². The Morgan fingerprint density at radius 1 is 1.06 bits per heavy atom. The van der Waals surface area contributed by atoms with Crippen molar-refractivity contribution in [1.82, 2.24) is 5.32 Å². The lowest BCUT2D eigenvalue weighted by molar-refractivity contribution is -0.139. The number of nitrogens with one attached hydrogen (secondary N) is 1. The molecule has 0 aliphatic carbocycles. The number of aliphatic carboxylic acids is 1. The molecule has 2 aromatic carbocycles. The van der Waals surface area contributed by atoms with Crippen LogP contribution < -0.4 is 15.0 Å². The van der Waals surface area contributed by atoms with Crippen LogP contribution in [0, 0.1) is 0 Å². The Balaban J connectivity index is 1.95. The number of nitrogens with zero attached hydrogens (tertiary/aromatic N) is 1. The summed E-state index contributed by atoms with van der Waals surface area (Å²) in [7, 11) is 1.22. The SMILES string of the molecule is COC(=O)c1ccc(N2C(=O)NC(=O)/C(=C\c3ccccc3OCC(=O)O)C2=O)cc1. The topological polar surface area (TPSA) is 139 Å². The summed E-state index contributed by atoms with van der Waals surface area (Å²) < 4.78 is 9.78. The lowest BCUT2D eigenvalue weighted by atomic mass is 10.1. The number of hydrogen-bond donors (Lipinski definition) is 2. The van der Waals surface area contributed by atoms with Crippen molar-refractivity contribution in [2.75, 3.05) is 18.6 Å². The van der Waals surface area contributed by atoms with E-state index in [9.17, 15) is 24.0 Å². The van der Waals surface area contributed by atoms with Crippen LogP contribution in [0.2, 0.25) is 0 Å². The molecule has 0 bridgehead atoms. The van der Waals surface area contributed by atoms with Crippen LogP contribution in [-0.2, 0) is 19.1 Å². The van der Waals surface area contributed by atoms with Gasteiger partial charge in [-0.25, -0.2) is 19.3 Å². The zero-order chi connectivity index (χ0) is 22.5. The van der Waals surface area contributed by atoms with Crippen LogP contribution in [0.5, 0.6) is 5.75 Å². The van der Waals surface area contributed by atoms with Crippen molar-refractivity contribution in [3.8, 4) is 5.75 Å². The number of para-hydroxylation sites is 1. The summed E-state index contributed by atoms with van der Waals surface area (Å²) in [5.41, 5.74) is 0.261. The van der Waals surface area contributed by atoms with Crippen LogP contribution in [0.1, 0.15) is 15.9 Å². The van der Waals surface area contributed by atoms with Crippen LogP contribution >= 0.6 is 0 Å². The van der Waals surface area contributed by atoms with E-state index >= 15 is 0 Å². The quantitative estimate of drug-likeness (QED) is 0.405. The van der Waals surface area contributed by atoms with E-state index in [-0.39, 0.29) is 28.1 Å². The van der Waals surface area contributed by atoms with Gasteiger partial charge in [-0.05, 0) is 36.4 Å². The van der Waals surface area contributed by atoms with Crippen LogP contribution in [0.25, 0.3) is 6.08 Å². The summed E-state index contributed by atoms with van der Waals surface area (Å²) in [4.78, 5) is 60.6. The molecule has 2 N–H and O–H groups in total. The van der Waals surface area contributed by atoms with Gasteiger partial charge in [0, 0.05) is 5.56 Å². The number of carbonyl (C=O) groups is 5. The number of barbiturate groups is 1. The summed E-state index contributed by atoms with van der Waals surface area (Å²) in [6, 6.07) is 10.7. The summed E-state index contributed by atoms with van der Waals surface area (Å²) in [5, 5.41) is 10.9. The van der Waals surface area contributed by atoms with Gasteiger partial charge in [0.05, 0.1) is 18.4 Å². The number of imide groups is 2. The Labute approximate surface area is 175 Å². The van der Waals surface area contributed by atoms with Gasteiger partial charge in [0.15, 0.2) is 6.61 Å². The predicted molar refractivity (Wildman–Crippen MR) is 106 cm³/mol. The number of hydrogen-bond acceptors (Lipinski definition) is 7. The molecule has 2 aromatic rings. The van der Waals surface area contributed by atoms with E-state index in [1.54, 1.807) is 12.1 Å². The van der Waals surface area contributed by atoms with E-state index in [0.717, 1.165) is 4.90 Å². The van der Waals surface area contributed by atoms with Crippen molar-refractivity contribution in [2.45, 2.75) is 0 Å². The summed E-state index contributed by atoms with van der Waals surface area (Å²) >= 11 is 0. The van der Waals surface area contributed by atoms with Gasteiger partial charge in [0.2, 0.25) is 0 Å². The number of esters is 1. The molecule has 1 aliphatic rings. The highest BCUT2D eigenvalue weighted by Crippen LogP contribution is 2.25. The molecule has 1 heterocycles. The van der Waals surface area contributed by atoms with Crippen molar-refractivity contribution in [2.24, 2.45) is 0 Å². The number of amides is 4. The molecule has 0 unspecified atom stereocenters. The first-order chi connectivity index (χ1) is 14.8. The molecule has 0 radical (unpaired) electrons. The number of rotatable bonds is 6. The fourth-order valence-electron chi connectivity index (χ4n) is 2.78. The second-order valence-corrected chi connectivity index (χ2v) is 6.22. The average Bonchev–Trinajstić information content (AvgIpc) is 2.75. The van der Waals surface area contributed by atoms with E-state index < -0.39 is 36.4 Å². The first-order valence-electron chi connectivity index (χ1n) is 8.85. The van der Waals surface area contributed by atoms with Gasteiger partial charge in [-0.2, -0.15) is 0 Å². The molecule has 1 saturated heterocycles. The fraction of sp³-hybridized carbons (Fsp3) is 0.0952. The second kappa shape index (κ2) is 8.91. The minimum atomic E-state index is -1.19. The second-order valence-electron chi connectivity index (χ2n) is 6.22. The maximum atomic E-state index is 13.0. The smallest absolute Gasteiger partial charge is 0.341 e. The Morgan fingerprint density at radius 2 is 1.74 bits per heavy atom. The minimum absolute atomic E-state index is 0.129. The van der Waals surface area contributed by atoms with Crippen molar-refractivity contribution >= 4 is 41.5 Å². The Kier molecular flexibility index (Phi) is 6.10. The van der Waals surface area contributed by atoms with Gasteiger partial charge < -0.3 is 14.6 Å². The molecule has 1 fully saturated rings. The van der Waals surface area contributed by atoms with Crippen LogP contribution in [0.3, 0.4) is 0 Å². The van der Waals surface area contributed by atoms with Crippen molar-refractivity contribution in [1.29, 1.82) is 0 Å². The first kappa shape index (κ1) is 21.2. The maximum Gasteiger partial charge on any atom is 0.341 e. The number of benzene rings is 2. The van der Waals surface area contributed by atoms with Gasteiger partial charge in [0.1, 0.15) is 11.3 Å². The van der Waals surface area contributed by atoms with Crippen LogP contribution in [0.4, 0.5) is 10.5 Å². The summed E-state index contributed by atoms with van der Waals surface area (Å²) in [6.45, 7) is -0.614. The third kappa shape index (κ3) is 4.58. The molecular formula is C21H16N2O8. The molecular weight excluding hydrogens is 408 g/mol. The Morgan fingerprint density at radius 3 is 2.39 bits per heavy atom. The van der Waals surface area contributed by atoms with Gasteiger partial charge in [-0.3, -0.25) is 14.9 Å². The van der Waals surface area contributed by atoms with Gasteiger partial charge in [-0.1, -0.05) is 18.2 Å². The number of methoxy groups -OCH3 is 1. The zero-order valence-corrected chi connectivity index (χ0v) is 16.2. The largest absolute Gasteiger partial charge is 0.481 e. The van der Waals surface area contributed by atoms with Crippen LogP contribution in [0.15, 0.2) is 54.1 Å². The highest BCUT2D eigenvalue weighted by Gasteiger charge is 2.37. The lowest BCUT2D eigenvalue weighted by Gasteiger charge is -2.26. The zero-order valence-electron chi connectivity index (χ0n) is 16.2. The molecule has 0 saturated carbocycles. The Hall–Kier alpha value is -4.47. The van der Waals surface area contributed by atoms with E-state index in [4.69, 9.17) is 9.84 Å². The number of urea groups is 1. The van der Waals surface area contributed by atoms with Gasteiger partial charge in [0.25, 0.3) is 11.8 Å². The molecule has 158 valence electrons. The molecule has 10 heteroatoms. The van der Waals surface area contributed by atoms with Crippen molar-refractivity contribution in [3.05, 3.63) is 65.2 Å². The molecule has 0 spiro atoms. The number of carbonyl (C=O) groups excluding carboxylic acids is 4. The van der Waals surface area contributed by atoms with E-state index in [0.29, 0.717) is 0 Å². The van der Waals surface area contributed by atoms with Gasteiger partial charge in [-0.15, -0.1) is 0 Å². The third-order valence-corrected chi connectivity index (χ3v) is 4.22. The highest BCUT2D eigenvalue weighted by atomic mass is 16.5. The standard InChI is InChI=1S/C21H16N2O8/c1-30-20(28)12-6-8-14(9-7-12)23-19(27)15(18(26)22-21(23)29)10-13-4-2-3-5-16(13)31-11-17(24)25/h2-10H,11H2,1H3,(H,24,25)(H,22,26,29)/b15-10+. The van der Waals surface area contributed by atoms with Crippen molar-refractivity contribution < 1.29 is 38.6 Å². The normalized spacial score (nSPS) is 14.9. The minimum Gasteiger partial charge on any atom is -0.481 e. The number of carboxylic acid groups (broad SMARTS) is 1. The molecule has 4 amide bonds. The number of carboxylic acids is 1. The van der Waals surface area contributed by atoms with E-state index in [1.165, 1.54) is 49.6 Å². The highest BCUT2D eigenvalue weighted by molar-refractivity contribution is 6.39. The molecule has 10 nitrogen and oxygen atoms in total. The third-order valence-electron chi connectivity index (χ3n) is 4.22. The molecule has 0 aromatic heterocycles. The predicted octanol–water partition coefficient (Wildman–Crippen LogP) is 1.60. The lowest BCUT2D eigenvalue weighted by Crippen LogP contribution is -2.54. The monoisotopic (exact) mass is 424 g/mol. The van der Waals surface area contributed by atoms with E-state index in [1.807, 2.05) is 0 Å². The molecule has 0 atom stereocenters. The fourth-order valence-corrected chi connectivity index (χ4v) is 2.78. The summed E-state index contributed by atoms with van der Waals surface area (Å²) in [5.74, 6) is -3.45. The number of ether oxygens (including phenoxy) is 2. The maximum absolute atomic E-state index is 13.0. The Bertz CT molecular complexity index is 1100. The average molecular weight is 424 g/mol. The summed E-state index contributed by atoms with van der Waals surface area (Å²) in [6.07, 6.45) is 1.21. The number of anilines is 1. The first-order valence-corrected chi connectivity index (χ1v) is 8.85. The van der Waals surface area contributed by atoms with Crippen molar-refractivity contribution in [3.63, 3.8) is 0 Å². The van der Waals surface area contributed by atoms with Crippen LogP contribution in [-0.4, -0.2) is 48.6 Å².